The highest BCUT2D eigenvalue weighted by molar-refractivity contribution is 5.78. The van der Waals surface area contributed by atoms with Gasteiger partial charge in [-0.05, 0) is 18.2 Å². The van der Waals surface area contributed by atoms with E-state index in [4.69, 9.17) is 10.5 Å². The number of alkyl halides is 3. The van der Waals surface area contributed by atoms with Gasteiger partial charge in [-0.3, -0.25) is 4.79 Å². The molecule has 0 spiro atoms. The van der Waals surface area contributed by atoms with E-state index in [1.807, 2.05) is 0 Å². The van der Waals surface area contributed by atoms with Crippen LogP contribution in [-0.2, 0) is 11.0 Å². The van der Waals surface area contributed by atoms with Gasteiger partial charge in [-0.15, -0.1) is 0 Å². The average Bonchev–Trinajstić information content (AvgIpc) is 2.48. The third kappa shape index (κ3) is 3.88. The molecule has 0 radical (unpaired) electrons. The Bertz CT molecular complexity index is 540. The number of nitrogens with two attached hydrogens (primary N) is 1. The van der Waals surface area contributed by atoms with Gasteiger partial charge in [-0.2, -0.15) is 13.2 Å². The van der Waals surface area contributed by atoms with Crippen molar-refractivity contribution in [1.82, 2.24) is 4.90 Å². The molecule has 0 aromatic heterocycles. The molecule has 0 bridgehead atoms. The Morgan fingerprint density at radius 3 is 2.45 bits per heavy atom. The molecule has 1 fully saturated rings. The van der Waals surface area contributed by atoms with Gasteiger partial charge in [0.25, 0.3) is 0 Å². The normalized spacial score (nSPS) is 16.7. The highest BCUT2D eigenvalue weighted by atomic mass is 19.4. The molecule has 22 heavy (non-hydrogen) atoms. The van der Waals surface area contributed by atoms with E-state index < -0.39 is 17.6 Å². The molecule has 0 saturated carbocycles. The second-order valence-electron chi connectivity index (χ2n) is 5.05. The molecule has 2 rings (SSSR count). The van der Waals surface area contributed by atoms with E-state index in [1.165, 1.54) is 0 Å². The number of benzene rings is 1. The van der Waals surface area contributed by atoms with E-state index in [-0.39, 0.29) is 24.3 Å². The Morgan fingerprint density at radius 1 is 1.32 bits per heavy atom. The van der Waals surface area contributed by atoms with Crippen LogP contribution in [0.1, 0.15) is 18.4 Å². The minimum Gasteiger partial charge on any atom is -0.487 e. The fourth-order valence-corrected chi connectivity index (χ4v) is 2.30. The Kier molecular flexibility index (Phi) is 4.90. The molecule has 0 atom stereocenters. The quantitative estimate of drug-likeness (QED) is 0.869. The lowest BCUT2D eigenvalue weighted by Crippen LogP contribution is -2.44. The van der Waals surface area contributed by atoms with Gasteiger partial charge in [0, 0.05) is 25.9 Å². The van der Waals surface area contributed by atoms with Crippen LogP contribution in [0.2, 0.25) is 0 Å². The van der Waals surface area contributed by atoms with Crippen molar-refractivity contribution in [3.8, 4) is 5.75 Å². The Labute approximate surface area is 124 Å². The number of ether oxygens (including phenoxy) is 1. The van der Waals surface area contributed by atoms with Crippen LogP contribution in [0.5, 0.6) is 5.75 Å². The standard InChI is InChI=1S/C14H16F4N2O2/c15-11-7-9(14(16,17)18)1-2-12(11)22-10-3-5-20(6-4-10)13(21)8-19/h1-2,7,10H,3-6,8,19H2. The molecular formula is C14H16F4N2O2. The third-order valence-electron chi connectivity index (χ3n) is 3.52. The maximum atomic E-state index is 13.7. The molecule has 0 aliphatic carbocycles. The van der Waals surface area contributed by atoms with Gasteiger partial charge in [0.1, 0.15) is 6.10 Å². The summed E-state index contributed by atoms with van der Waals surface area (Å²) in [5.74, 6) is -1.42. The number of nitrogens with zero attached hydrogens (tertiary/aromatic N) is 1. The molecule has 1 heterocycles. The molecule has 8 heteroatoms. The van der Waals surface area contributed by atoms with Crippen molar-refractivity contribution in [1.29, 1.82) is 0 Å². The number of carbonyl (C=O) groups excluding carboxylic acids is 1. The number of likely N-dealkylation sites (tertiary alicyclic amines) is 1. The van der Waals surface area contributed by atoms with E-state index in [0.29, 0.717) is 32.0 Å². The number of carbonyl (C=O) groups is 1. The maximum absolute atomic E-state index is 13.7. The lowest BCUT2D eigenvalue weighted by Gasteiger charge is -2.32. The Hall–Kier alpha value is -1.83. The van der Waals surface area contributed by atoms with Crippen LogP contribution in [0.15, 0.2) is 18.2 Å². The molecule has 1 saturated heterocycles. The van der Waals surface area contributed by atoms with Crippen LogP contribution in [0.4, 0.5) is 17.6 Å². The van der Waals surface area contributed by atoms with Crippen molar-refractivity contribution in [2.45, 2.75) is 25.1 Å². The van der Waals surface area contributed by atoms with Crippen molar-refractivity contribution in [2.24, 2.45) is 5.73 Å². The van der Waals surface area contributed by atoms with E-state index >= 15 is 0 Å². The fourth-order valence-electron chi connectivity index (χ4n) is 2.30. The van der Waals surface area contributed by atoms with Crippen LogP contribution in [-0.4, -0.2) is 36.5 Å². The molecule has 4 nitrogen and oxygen atoms in total. The first-order valence-corrected chi connectivity index (χ1v) is 6.82. The summed E-state index contributed by atoms with van der Waals surface area (Å²) in [6, 6.07) is 2.18. The first-order chi connectivity index (χ1) is 10.3. The van der Waals surface area contributed by atoms with Crippen molar-refractivity contribution < 1.29 is 27.1 Å². The van der Waals surface area contributed by atoms with Gasteiger partial charge in [0.15, 0.2) is 11.6 Å². The topological polar surface area (TPSA) is 55.6 Å². The second-order valence-corrected chi connectivity index (χ2v) is 5.05. The summed E-state index contributed by atoms with van der Waals surface area (Å²) in [7, 11) is 0. The van der Waals surface area contributed by atoms with E-state index in [9.17, 15) is 22.4 Å². The number of hydrogen-bond acceptors (Lipinski definition) is 3. The van der Waals surface area contributed by atoms with Gasteiger partial charge < -0.3 is 15.4 Å². The second kappa shape index (κ2) is 6.51. The predicted molar refractivity (Wildman–Crippen MR) is 70.7 cm³/mol. The van der Waals surface area contributed by atoms with Crippen molar-refractivity contribution in [3.63, 3.8) is 0 Å². The van der Waals surface area contributed by atoms with Gasteiger partial charge in [-0.1, -0.05) is 0 Å². The number of piperidine rings is 1. The zero-order chi connectivity index (χ0) is 16.3. The summed E-state index contributed by atoms with van der Waals surface area (Å²) in [4.78, 5) is 13.0. The highest BCUT2D eigenvalue weighted by Crippen LogP contribution is 2.32. The monoisotopic (exact) mass is 320 g/mol. The van der Waals surface area contributed by atoms with Crippen molar-refractivity contribution >= 4 is 5.91 Å². The van der Waals surface area contributed by atoms with Crippen molar-refractivity contribution in [3.05, 3.63) is 29.6 Å². The molecule has 122 valence electrons. The van der Waals surface area contributed by atoms with Crippen LogP contribution in [0.25, 0.3) is 0 Å². The molecule has 1 amide bonds. The minimum absolute atomic E-state index is 0.0704. The molecule has 1 aromatic rings. The smallest absolute Gasteiger partial charge is 0.416 e. The summed E-state index contributed by atoms with van der Waals surface area (Å²) in [6.45, 7) is 0.797. The lowest BCUT2D eigenvalue weighted by molar-refractivity contribution is -0.137. The predicted octanol–water partition coefficient (Wildman–Crippen LogP) is 2.17. The third-order valence-corrected chi connectivity index (χ3v) is 3.52. The molecule has 1 aromatic carbocycles. The Morgan fingerprint density at radius 2 is 1.95 bits per heavy atom. The number of hydrogen-bond donors (Lipinski definition) is 1. The first-order valence-electron chi connectivity index (χ1n) is 6.82. The van der Waals surface area contributed by atoms with Gasteiger partial charge in [0.2, 0.25) is 5.91 Å². The van der Waals surface area contributed by atoms with Crippen LogP contribution >= 0.6 is 0 Å². The SMILES string of the molecule is NCC(=O)N1CCC(Oc2ccc(C(F)(F)F)cc2F)CC1. The molecule has 1 aliphatic rings. The molecule has 1 aliphatic heterocycles. The first kappa shape index (κ1) is 16.5. The zero-order valence-corrected chi connectivity index (χ0v) is 11.7. The van der Waals surface area contributed by atoms with Crippen molar-refractivity contribution in [2.75, 3.05) is 19.6 Å². The molecule has 2 N–H and O–H groups in total. The fraction of sp³-hybridized carbons (Fsp3) is 0.500. The summed E-state index contributed by atoms with van der Waals surface area (Å²) in [5.41, 5.74) is 4.21. The van der Waals surface area contributed by atoms with Crippen LogP contribution < -0.4 is 10.5 Å². The number of rotatable bonds is 3. The average molecular weight is 320 g/mol. The van der Waals surface area contributed by atoms with Crippen LogP contribution in [0.3, 0.4) is 0 Å². The summed E-state index contributed by atoms with van der Waals surface area (Å²) in [5, 5.41) is 0. The Balaban J connectivity index is 1.97. The maximum Gasteiger partial charge on any atom is 0.416 e. The molecule has 0 unspecified atom stereocenters. The van der Waals surface area contributed by atoms with Crippen LogP contribution in [0, 0.1) is 5.82 Å². The van der Waals surface area contributed by atoms with Gasteiger partial charge >= 0.3 is 6.18 Å². The summed E-state index contributed by atoms with van der Waals surface area (Å²) < 4.78 is 56.5. The minimum atomic E-state index is -4.59. The summed E-state index contributed by atoms with van der Waals surface area (Å²) >= 11 is 0. The van der Waals surface area contributed by atoms with Gasteiger partial charge in [-0.25, -0.2) is 4.39 Å². The lowest BCUT2D eigenvalue weighted by atomic mass is 10.1. The number of amides is 1. The zero-order valence-electron chi connectivity index (χ0n) is 11.7. The van der Waals surface area contributed by atoms with E-state index in [2.05, 4.69) is 0 Å². The number of halogens is 4. The highest BCUT2D eigenvalue weighted by Gasteiger charge is 2.32. The largest absolute Gasteiger partial charge is 0.487 e. The van der Waals surface area contributed by atoms with E-state index in [1.54, 1.807) is 4.90 Å². The van der Waals surface area contributed by atoms with E-state index in [0.717, 1.165) is 12.1 Å². The molecular weight excluding hydrogens is 304 g/mol. The summed E-state index contributed by atoms with van der Waals surface area (Å²) in [6.07, 6.45) is -3.97. The van der Waals surface area contributed by atoms with Gasteiger partial charge in [0.05, 0.1) is 12.1 Å².